The van der Waals surface area contributed by atoms with Gasteiger partial charge in [-0.05, 0) is 37.1 Å². The van der Waals surface area contributed by atoms with Crippen LogP contribution in [0.1, 0.15) is 35.0 Å². The van der Waals surface area contributed by atoms with Crippen molar-refractivity contribution in [1.82, 2.24) is 9.29 Å². The van der Waals surface area contributed by atoms with Crippen LogP contribution >= 0.6 is 11.3 Å². The van der Waals surface area contributed by atoms with Crippen molar-refractivity contribution in [3.05, 3.63) is 64.4 Å². The number of thiazole rings is 1. The van der Waals surface area contributed by atoms with E-state index in [0.29, 0.717) is 13.0 Å². The van der Waals surface area contributed by atoms with E-state index in [2.05, 4.69) is 4.98 Å². The van der Waals surface area contributed by atoms with Crippen LogP contribution in [0.4, 0.5) is 4.39 Å². The molecule has 1 atom stereocenters. The second-order valence-electron chi connectivity index (χ2n) is 6.46. The summed E-state index contributed by atoms with van der Waals surface area (Å²) in [5.41, 5.74) is 1.10. The Balaban J connectivity index is 1.63. The van der Waals surface area contributed by atoms with Gasteiger partial charge in [-0.3, -0.25) is 0 Å². The number of nitriles is 1. The predicted octanol–water partition coefficient (Wildman–Crippen LogP) is 3.97. The normalized spacial score (nSPS) is 18.0. The van der Waals surface area contributed by atoms with E-state index in [1.54, 1.807) is 0 Å². The summed E-state index contributed by atoms with van der Waals surface area (Å²) < 4.78 is 42.6. The number of aromatic nitrogens is 1. The second-order valence-corrected chi connectivity index (χ2v) is 9.45. The zero-order valence-electron chi connectivity index (χ0n) is 14.3. The monoisotopic (exact) mass is 401 g/mol. The van der Waals surface area contributed by atoms with Gasteiger partial charge in [0, 0.05) is 12.1 Å². The Morgan fingerprint density at radius 2 is 2.11 bits per heavy atom. The number of para-hydroxylation sites is 1. The number of fused-ring (bicyclic) bond motifs is 1. The molecule has 1 saturated heterocycles. The van der Waals surface area contributed by atoms with E-state index in [4.69, 9.17) is 5.26 Å². The number of nitrogens with zero attached hydrogens (tertiary/aromatic N) is 3. The fourth-order valence-corrected chi connectivity index (χ4v) is 6.34. The Bertz CT molecular complexity index is 1120. The van der Waals surface area contributed by atoms with Crippen molar-refractivity contribution in [3.63, 3.8) is 0 Å². The molecule has 1 aliphatic rings. The fraction of sp³-hybridized carbons (Fsp3) is 0.263. The number of sulfonamides is 1. The third-order valence-corrected chi connectivity index (χ3v) is 7.64. The van der Waals surface area contributed by atoms with Crippen molar-refractivity contribution < 1.29 is 12.8 Å². The molecule has 5 nitrogen and oxygen atoms in total. The second kappa shape index (κ2) is 7.00. The molecule has 27 heavy (non-hydrogen) atoms. The smallest absolute Gasteiger partial charge is 0.219 e. The topological polar surface area (TPSA) is 74.1 Å². The molecule has 0 N–H and O–H groups in total. The summed E-state index contributed by atoms with van der Waals surface area (Å²) in [6.07, 6.45) is 1.45. The van der Waals surface area contributed by atoms with E-state index < -0.39 is 21.6 Å². The van der Waals surface area contributed by atoms with Gasteiger partial charge in [0.25, 0.3) is 0 Å². The minimum Gasteiger partial charge on any atom is -0.239 e. The van der Waals surface area contributed by atoms with E-state index >= 15 is 0 Å². The maximum atomic E-state index is 14.2. The first-order valence-electron chi connectivity index (χ1n) is 8.51. The molecule has 0 saturated carbocycles. The van der Waals surface area contributed by atoms with Crippen LogP contribution in [0.25, 0.3) is 10.2 Å². The Labute approximate surface area is 160 Å². The van der Waals surface area contributed by atoms with Crippen LogP contribution in [0.2, 0.25) is 0 Å². The van der Waals surface area contributed by atoms with Gasteiger partial charge >= 0.3 is 0 Å². The largest absolute Gasteiger partial charge is 0.239 e. The SMILES string of the molecule is N#Cc1ccc(CS(=O)(=O)N2CCCC2c2nc3ccccc3s2)c(F)c1. The lowest BCUT2D eigenvalue weighted by molar-refractivity contribution is 0.395. The number of halogens is 1. The van der Waals surface area contributed by atoms with Gasteiger partial charge in [0.2, 0.25) is 10.0 Å². The van der Waals surface area contributed by atoms with Gasteiger partial charge in [0.05, 0.1) is 33.6 Å². The molecular weight excluding hydrogens is 385 g/mol. The lowest BCUT2D eigenvalue weighted by Gasteiger charge is -2.22. The molecule has 2 heterocycles. The number of rotatable bonds is 4. The molecule has 138 valence electrons. The Morgan fingerprint density at radius 1 is 1.30 bits per heavy atom. The van der Waals surface area contributed by atoms with Crippen molar-refractivity contribution in [3.8, 4) is 6.07 Å². The quantitative estimate of drug-likeness (QED) is 0.663. The van der Waals surface area contributed by atoms with Crippen LogP contribution < -0.4 is 0 Å². The van der Waals surface area contributed by atoms with Gasteiger partial charge in [-0.1, -0.05) is 18.2 Å². The minimum absolute atomic E-state index is 0.0731. The molecule has 3 aromatic rings. The van der Waals surface area contributed by atoms with Crippen LogP contribution in [0.3, 0.4) is 0 Å². The third kappa shape index (κ3) is 3.46. The van der Waals surface area contributed by atoms with Crippen LogP contribution in [0.5, 0.6) is 0 Å². The van der Waals surface area contributed by atoms with Gasteiger partial charge in [-0.25, -0.2) is 17.8 Å². The van der Waals surface area contributed by atoms with Crippen molar-refractivity contribution in [2.45, 2.75) is 24.6 Å². The summed E-state index contributed by atoms with van der Waals surface area (Å²) in [6, 6.07) is 13.1. The molecule has 4 rings (SSSR count). The molecule has 1 unspecified atom stereocenters. The highest BCUT2D eigenvalue weighted by Gasteiger charge is 2.37. The molecular formula is C19H16FN3O2S2. The molecule has 1 aliphatic heterocycles. The van der Waals surface area contributed by atoms with Crippen molar-refractivity contribution in [2.24, 2.45) is 0 Å². The minimum atomic E-state index is -3.71. The van der Waals surface area contributed by atoms with Gasteiger partial charge in [0.15, 0.2) is 0 Å². The maximum Gasteiger partial charge on any atom is 0.219 e. The molecule has 1 aromatic heterocycles. The summed E-state index contributed by atoms with van der Waals surface area (Å²) in [5, 5.41) is 9.61. The summed E-state index contributed by atoms with van der Waals surface area (Å²) in [4.78, 5) is 4.61. The maximum absolute atomic E-state index is 14.2. The molecule has 0 aliphatic carbocycles. The number of hydrogen-bond donors (Lipinski definition) is 0. The number of benzene rings is 2. The molecule has 0 radical (unpaired) electrons. The first-order valence-corrected chi connectivity index (χ1v) is 10.9. The highest BCUT2D eigenvalue weighted by Crippen LogP contribution is 2.38. The van der Waals surface area contributed by atoms with Crippen LogP contribution in [-0.2, 0) is 15.8 Å². The number of hydrogen-bond acceptors (Lipinski definition) is 5. The fourth-order valence-electron chi connectivity index (χ4n) is 3.37. The van der Waals surface area contributed by atoms with E-state index in [9.17, 15) is 12.8 Å². The average Bonchev–Trinajstić information content (AvgIpc) is 3.30. The third-order valence-electron chi connectivity index (χ3n) is 4.68. The van der Waals surface area contributed by atoms with Gasteiger partial charge in [-0.15, -0.1) is 11.3 Å². The molecule has 0 bridgehead atoms. The first-order chi connectivity index (χ1) is 13.0. The summed E-state index contributed by atoms with van der Waals surface area (Å²) in [5.74, 6) is -1.10. The summed E-state index contributed by atoms with van der Waals surface area (Å²) in [6.45, 7) is 0.404. The lowest BCUT2D eigenvalue weighted by atomic mass is 10.1. The first kappa shape index (κ1) is 18.0. The highest BCUT2D eigenvalue weighted by atomic mass is 32.2. The van der Waals surface area contributed by atoms with E-state index in [1.807, 2.05) is 30.3 Å². The summed E-state index contributed by atoms with van der Waals surface area (Å²) in [7, 11) is -3.71. The molecule has 2 aromatic carbocycles. The van der Waals surface area contributed by atoms with Gasteiger partial charge in [-0.2, -0.15) is 9.57 Å². The Kier molecular flexibility index (Phi) is 4.68. The van der Waals surface area contributed by atoms with Crippen molar-refractivity contribution in [2.75, 3.05) is 6.54 Å². The zero-order chi connectivity index (χ0) is 19.0. The molecule has 8 heteroatoms. The van der Waals surface area contributed by atoms with Crippen LogP contribution in [0, 0.1) is 17.1 Å². The highest BCUT2D eigenvalue weighted by molar-refractivity contribution is 7.88. The van der Waals surface area contributed by atoms with E-state index in [1.165, 1.54) is 27.8 Å². The van der Waals surface area contributed by atoms with Crippen LogP contribution in [0.15, 0.2) is 42.5 Å². The Hall–Kier alpha value is -2.34. The molecule has 0 amide bonds. The van der Waals surface area contributed by atoms with E-state index in [0.717, 1.165) is 27.7 Å². The van der Waals surface area contributed by atoms with Gasteiger partial charge in [0.1, 0.15) is 10.8 Å². The van der Waals surface area contributed by atoms with Crippen molar-refractivity contribution >= 4 is 31.6 Å². The summed E-state index contributed by atoms with van der Waals surface area (Å²) >= 11 is 1.50. The van der Waals surface area contributed by atoms with E-state index in [-0.39, 0.29) is 17.2 Å². The predicted molar refractivity (Wildman–Crippen MR) is 102 cm³/mol. The average molecular weight is 401 g/mol. The van der Waals surface area contributed by atoms with Gasteiger partial charge < -0.3 is 0 Å². The standard InChI is InChI=1S/C19H16FN3O2S2/c20-15-10-13(11-21)7-8-14(15)12-27(24,25)23-9-3-5-17(23)19-22-16-4-1-2-6-18(16)26-19/h1-2,4,6-8,10,17H,3,5,9,12H2. The van der Waals surface area contributed by atoms with Crippen molar-refractivity contribution in [1.29, 1.82) is 5.26 Å². The van der Waals surface area contributed by atoms with Crippen LogP contribution in [-0.4, -0.2) is 24.3 Å². The molecule has 1 fully saturated rings. The Morgan fingerprint density at radius 3 is 2.85 bits per heavy atom. The lowest BCUT2D eigenvalue weighted by Crippen LogP contribution is -2.32. The zero-order valence-corrected chi connectivity index (χ0v) is 15.9. The molecule has 0 spiro atoms.